The molecule has 0 aliphatic carbocycles. The smallest absolute Gasteiger partial charge is 0.319 e. The molecule has 1 aliphatic heterocycles. The minimum absolute atomic E-state index is 0.0760. The van der Waals surface area contributed by atoms with Crippen LogP contribution in [0.4, 0.5) is 10.5 Å². The van der Waals surface area contributed by atoms with E-state index in [1.165, 1.54) is 0 Å². The molecule has 1 saturated heterocycles. The maximum absolute atomic E-state index is 12.5. The van der Waals surface area contributed by atoms with Crippen LogP contribution in [0.1, 0.15) is 44.0 Å². The molecule has 3 amide bonds. The minimum atomic E-state index is -0.221. The summed E-state index contributed by atoms with van der Waals surface area (Å²) < 4.78 is 0. The zero-order chi connectivity index (χ0) is 18.9. The number of likely N-dealkylation sites (tertiary alicyclic amines) is 1. The summed E-state index contributed by atoms with van der Waals surface area (Å²) in [5.41, 5.74) is 1.36. The zero-order valence-corrected chi connectivity index (χ0v) is 16.3. The standard InChI is InChI=1S/C20H32N4O2/c1-4-23(5-2)15-12-21-20(26)22-18-8-6-17(7-9-18)19(25)24-13-10-16(3)11-14-24/h6-9,16H,4-5,10-15H2,1-3H3,(H2,21,22,26). The van der Waals surface area contributed by atoms with Gasteiger partial charge in [-0.05, 0) is 56.1 Å². The second kappa shape index (κ2) is 10.2. The number of carbonyl (C=O) groups excluding carboxylic acids is 2. The Morgan fingerprint density at radius 1 is 1.12 bits per heavy atom. The summed E-state index contributed by atoms with van der Waals surface area (Å²) in [6, 6.07) is 6.91. The number of benzene rings is 1. The van der Waals surface area contributed by atoms with Crippen LogP contribution in [0.2, 0.25) is 0 Å². The number of rotatable bonds is 7. The van der Waals surface area contributed by atoms with Gasteiger partial charge in [0.25, 0.3) is 5.91 Å². The maximum Gasteiger partial charge on any atom is 0.319 e. The van der Waals surface area contributed by atoms with Gasteiger partial charge in [-0.15, -0.1) is 0 Å². The van der Waals surface area contributed by atoms with Crippen molar-refractivity contribution >= 4 is 17.6 Å². The van der Waals surface area contributed by atoms with E-state index < -0.39 is 0 Å². The average molecular weight is 361 g/mol. The molecular weight excluding hydrogens is 328 g/mol. The number of carbonyl (C=O) groups is 2. The summed E-state index contributed by atoms with van der Waals surface area (Å²) >= 11 is 0. The number of urea groups is 1. The van der Waals surface area contributed by atoms with Crippen molar-refractivity contribution in [1.82, 2.24) is 15.1 Å². The lowest BCUT2D eigenvalue weighted by Crippen LogP contribution is -2.38. The lowest BCUT2D eigenvalue weighted by atomic mass is 9.98. The SMILES string of the molecule is CCN(CC)CCNC(=O)Nc1ccc(C(=O)N2CCC(C)CC2)cc1. The first-order chi connectivity index (χ1) is 12.5. The molecule has 1 aromatic carbocycles. The van der Waals surface area contributed by atoms with Crippen LogP contribution < -0.4 is 10.6 Å². The molecule has 0 bridgehead atoms. The molecule has 1 heterocycles. The van der Waals surface area contributed by atoms with Crippen molar-refractivity contribution in [3.05, 3.63) is 29.8 Å². The van der Waals surface area contributed by atoms with Gasteiger partial charge >= 0.3 is 6.03 Å². The highest BCUT2D eigenvalue weighted by Gasteiger charge is 2.21. The molecular formula is C20H32N4O2. The zero-order valence-electron chi connectivity index (χ0n) is 16.3. The number of hydrogen-bond acceptors (Lipinski definition) is 3. The molecule has 2 N–H and O–H groups in total. The Labute approximate surface area is 156 Å². The summed E-state index contributed by atoms with van der Waals surface area (Å²) in [4.78, 5) is 28.6. The molecule has 0 aromatic heterocycles. The van der Waals surface area contributed by atoms with Crippen LogP contribution in [0.3, 0.4) is 0 Å². The van der Waals surface area contributed by atoms with E-state index in [9.17, 15) is 9.59 Å². The number of nitrogens with one attached hydrogen (secondary N) is 2. The fourth-order valence-electron chi connectivity index (χ4n) is 3.13. The fraction of sp³-hybridized carbons (Fsp3) is 0.600. The Hall–Kier alpha value is -2.08. The summed E-state index contributed by atoms with van der Waals surface area (Å²) in [6.45, 7) is 11.5. The first-order valence-electron chi connectivity index (χ1n) is 9.70. The van der Waals surface area contributed by atoms with Crippen molar-refractivity contribution in [3.63, 3.8) is 0 Å². The van der Waals surface area contributed by atoms with Gasteiger partial charge < -0.3 is 20.4 Å². The molecule has 1 fully saturated rings. The highest BCUT2D eigenvalue weighted by Crippen LogP contribution is 2.19. The van der Waals surface area contributed by atoms with Crippen molar-refractivity contribution < 1.29 is 9.59 Å². The molecule has 0 spiro atoms. The van der Waals surface area contributed by atoms with Crippen molar-refractivity contribution in [2.45, 2.75) is 33.6 Å². The molecule has 6 heteroatoms. The maximum atomic E-state index is 12.5. The van der Waals surface area contributed by atoms with E-state index in [0.29, 0.717) is 23.7 Å². The number of amides is 3. The van der Waals surface area contributed by atoms with Crippen molar-refractivity contribution in [1.29, 1.82) is 0 Å². The summed E-state index contributed by atoms with van der Waals surface area (Å²) in [5, 5.41) is 5.67. The number of anilines is 1. The van der Waals surface area contributed by atoms with Gasteiger partial charge in [-0.3, -0.25) is 4.79 Å². The second-order valence-electron chi connectivity index (χ2n) is 6.96. The highest BCUT2D eigenvalue weighted by molar-refractivity contribution is 5.95. The third kappa shape index (κ3) is 6.02. The fourth-order valence-corrected chi connectivity index (χ4v) is 3.13. The summed E-state index contributed by atoms with van der Waals surface area (Å²) in [7, 11) is 0. The minimum Gasteiger partial charge on any atom is -0.339 e. The van der Waals surface area contributed by atoms with Crippen LogP contribution >= 0.6 is 0 Å². The van der Waals surface area contributed by atoms with Crippen LogP contribution in [-0.2, 0) is 0 Å². The van der Waals surface area contributed by atoms with Gasteiger partial charge in [-0.1, -0.05) is 20.8 Å². The number of nitrogens with zero attached hydrogens (tertiary/aromatic N) is 2. The van der Waals surface area contributed by atoms with Crippen molar-refractivity contribution in [2.24, 2.45) is 5.92 Å². The molecule has 1 aliphatic rings. The van der Waals surface area contributed by atoms with Gasteiger partial charge in [0.1, 0.15) is 0 Å². The van der Waals surface area contributed by atoms with E-state index in [2.05, 4.69) is 36.3 Å². The Balaban J connectivity index is 1.79. The molecule has 0 saturated carbocycles. The van der Waals surface area contributed by atoms with Crippen LogP contribution in [0, 0.1) is 5.92 Å². The molecule has 1 aromatic rings. The van der Waals surface area contributed by atoms with Crippen LogP contribution in [0.5, 0.6) is 0 Å². The molecule has 144 valence electrons. The van der Waals surface area contributed by atoms with Gasteiger partial charge in [-0.25, -0.2) is 4.79 Å². The monoisotopic (exact) mass is 360 g/mol. The van der Waals surface area contributed by atoms with E-state index in [1.54, 1.807) is 24.3 Å². The van der Waals surface area contributed by atoms with E-state index in [0.717, 1.165) is 45.6 Å². The largest absolute Gasteiger partial charge is 0.339 e. The van der Waals surface area contributed by atoms with Crippen LogP contribution in [0.15, 0.2) is 24.3 Å². The first kappa shape index (κ1) is 20.2. The predicted octanol–water partition coefficient (Wildman–Crippen LogP) is 3.02. The number of hydrogen-bond donors (Lipinski definition) is 2. The lowest BCUT2D eigenvalue weighted by Gasteiger charge is -2.30. The average Bonchev–Trinajstić information content (AvgIpc) is 2.66. The third-order valence-corrected chi connectivity index (χ3v) is 5.07. The Bertz CT molecular complexity index is 576. The summed E-state index contributed by atoms with van der Waals surface area (Å²) in [5.74, 6) is 0.776. The predicted molar refractivity (Wildman–Crippen MR) is 106 cm³/mol. The van der Waals surface area contributed by atoms with E-state index in [1.807, 2.05) is 4.90 Å². The van der Waals surface area contributed by atoms with Gasteiger partial charge in [0, 0.05) is 37.4 Å². The van der Waals surface area contributed by atoms with Crippen LogP contribution in [-0.4, -0.2) is 61.0 Å². The lowest BCUT2D eigenvalue weighted by molar-refractivity contribution is 0.0697. The van der Waals surface area contributed by atoms with E-state index in [-0.39, 0.29) is 11.9 Å². The van der Waals surface area contributed by atoms with E-state index in [4.69, 9.17) is 0 Å². The molecule has 2 rings (SSSR count). The van der Waals surface area contributed by atoms with E-state index >= 15 is 0 Å². The van der Waals surface area contributed by atoms with Crippen molar-refractivity contribution in [3.8, 4) is 0 Å². The molecule has 0 unspecified atom stereocenters. The Morgan fingerprint density at radius 2 is 1.73 bits per heavy atom. The summed E-state index contributed by atoms with van der Waals surface area (Å²) in [6.07, 6.45) is 2.14. The number of likely N-dealkylation sites (N-methyl/N-ethyl adjacent to an activating group) is 1. The second-order valence-corrected chi connectivity index (χ2v) is 6.96. The molecule has 26 heavy (non-hydrogen) atoms. The molecule has 0 atom stereocenters. The van der Waals surface area contributed by atoms with Crippen molar-refractivity contribution in [2.75, 3.05) is 44.6 Å². The highest BCUT2D eigenvalue weighted by atomic mass is 16.2. The van der Waals surface area contributed by atoms with Gasteiger partial charge in [0.05, 0.1) is 0 Å². The first-order valence-corrected chi connectivity index (χ1v) is 9.70. The van der Waals surface area contributed by atoms with Crippen LogP contribution in [0.25, 0.3) is 0 Å². The Morgan fingerprint density at radius 3 is 2.31 bits per heavy atom. The van der Waals surface area contributed by atoms with Gasteiger partial charge in [0.15, 0.2) is 0 Å². The molecule has 0 radical (unpaired) electrons. The van der Waals surface area contributed by atoms with Gasteiger partial charge in [0.2, 0.25) is 0 Å². The Kier molecular flexibility index (Phi) is 7.91. The third-order valence-electron chi connectivity index (χ3n) is 5.07. The quantitative estimate of drug-likeness (QED) is 0.785. The number of piperidine rings is 1. The topological polar surface area (TPSA) is 64.7 Å². The molecule has 6 nitrogen and oxygen atoms in total. The normalized spacial score (nSPS) is 15.2. The van der Waals surface area contributed by atoms with Gasteiger partial charge in [-0.2, -0.15) is 0 Å².